The number of amides is 1. The second kappa shape index (κ2) is 9.51. The van der Waals surface area contributed by atoms with Crippen LogP contribution >= 0.6 is 0 Å². The maximum Gasteiger partial charge on any atom is 0.333 e. The molecule has 0 aromatic carbocycles. The SMILES string of the molecule is CC(C)(CNC(=O)CO/N=C1/C=C2CC[C@H]3[C@@H]4CC[C@@H](O)[C@@]4(C)CC[C@@H]3[C@@]2(C)CC1)[C@H](O)C(=O)O. The van der Waals surface area contributed by atoms with Gasteiger partial charge < -0.3 is 25.5 Å². The first-order chi connectivity index (χ1) is 16.4. The summed E-state index contributed by atoms with van der Waals surface area (Å²) >= 11 is 0. The van der Waals surface area contributed by atoms with E-state index in [1.807, 2.05) is 0 Å². The molecule has 4 rings (SSSR count). The molecule has 7 atom stereocenters. The number of carboxylic acids is 1. The third kappa shape index (κ3) is 4.76. The summed E-state index contributed by atoms with van der Waals surface area (Å²) in [7, 11) is 0. The van der Waals surface area contributed by atoms with Gasteiger partial charge in [-0.05, 0) is 86.0 Å². The molecular weight excluding hydrogens is 448 g/mol. The Hall–Kier alpha value is -1.93. The van der Waals surface area contributed by atoms with Crippen molar-refractivity contribution in [3.63, 3.8) is 0 Å². The van der Waals surface area contributed by atoms with Crippen molar-refractivity contribution in [1.82, 2.24) is 5.32 Å². The van der Waals surface area contributed by atoms with E-state index in [0.29, 0.717) is 17.8 Å². The van der Waals surface area contributed by atoms with E-state index in [4.69, 9.17) is 9.94 Å². The van der Waals surface area contributed by atoms with Crippen molar-refractivity contribution in [3.05, 3.63) is 11.6 Å². The largest absolute Gasteiger partial charge is 0.479 e. The fraction of sp³-hybridized carbons (Fsp3) is 0.815. The van der Waals surface area contributed by atoms with E-state index in [0.717, 1.165) is 44.2 Å². The summed E-state index contributed by atoms with van der Waals surface area (Å²) in [6, 6.07) is 0. The van der Waals surface area contributed by atoms with E-state index >= 15 is 0 Å². The highest BCUT2D eigenvalue weighted by atomic mass is 16.6. The van der Waals surface area contributed by atoms with Crippen molar-refractivity contribution >= 4 is 17.6 Å². The zero-order valence-electron chi connectivity index (χ0n) is 21.5. The lowest BCUT2D eigenvalue weighted by atomic mass is 9.47. The fourth-order valence-corrected chi connectivity index (χ4v) is 7.60. The molecule has 0 spiro atoms. The van der Waals surface area contributed by atoms with Crippen molar-refractivity contribution in [2.75, 3.05) is 13.2 Å². The molecule has 0 aromatic rings. The number of nitrogens with one attached hydrogen (secondary N) is 1. The zero-order valence-corrected chi connectivity index (χ0v) is 21.5. The highest BCUT2D eigenvalue weighted by Gasteiger charge is 2.58. The van der Waals surface area contributed by atoms with Gasteiger partial charge in [0.1, 0.15) is 0 Å². The molecule has 0 heterocycles. The molecule has 0 aliphatic heterocycles. The smallest absolute Gasteiger partial charge is 0.333 e. The molecule has 3 saturated carbocycles. The predicted octanol–water partition coefficient (Wildman–Crippen LogP) is 3.27. The molecule has 4 aliphatic rings. The molecule has 0 radical (unpaired) electrons. The number of carboxylic acid groups (broad SMARTS) is 1. The van der Waals surface area contributed by atoms with Crippen molar-refractivity contribution in [2.24, 2.45) is 39.2 Å². The summed E-state index contributed by atoms with van der Waals surface area (Å²) < 4.78 is 0. The Balaban J connectivity index is 1.33. The normalized spacial score (nSPS) is 38.6. The first-order valence-corrected chi connectivity index (χ1v) is 13.1. The van der Waals surface area contributed by atoms with Crippen LogP contribution in [0.2, 0.25) is 0 Å². The number of nitrogens with zero attached hydrogens (tertiary/aromatic N) is 1. The minimum atomic E-state index is -1.57. The first-order valence-electron chi connectivity index (χ1n) is 13.1. The molecule has 0 saturated heterocycles. The number of hydrogen-bond acceptors (Lipinski definition) is 6. The predicted molar refractivity (Wildman–Crippen MR) is 132 cm³/mol. The minimum Gasteiger partial charge on any atom is -0.479 e. The van der Waals surface area contributed by atoms with Gasteiger partial charge in [-0.1, -0.05) is 38.4 Å². The Morgan fingerprint density at radius 1 is 1.17 bits per heavy atom. The number of allylic oxidation sites excluding steroid dienone is 2. The lowest BCUT2D eigenvalue weighted by Gasteiger charge is -2.57. The van der Waals surface area contributed by atoms with Crippen LogP contribution in [0.1, 0.15) is 79.1 Å². The van der Waals surface area contributed by atoms with Crippen LogP contribution in [-0.2, 0) is 14.4 Å². The monoisotopic (exact) mass is 490 g/mol. The van der Waals surface area contributed by atoms with Crippen molar-refractivity contribution in [3.8, 4) is 0 Å². The Bertz CT molecular complexity index is 913. The van der Waals surface area contributed by atoms with Crippen molar-refractivity contribution in [1.29, 1.82) is 0 Å². The molecule has 8 heteroatoms. The summed E-state index contributed by atoms with van der Waals surface area (Å²) in [5, 5.41) is 36.2. The zero-order chi connectivity index (χ0) is 25.6. The summed E-state index contributed by atoms with van der Waals surface area (Å²) in [6.45, 7) is 7.65. The standard InChI is InChI=1S/C27H42N2O6/c1-25(2,23(32)24(33)34)15-28-22(31)14-35-29-17-9-11-26(3)16(13-17)5-6-18-19-7-8-21(30)27(19,4)12-10-20(18)26/h13,18-21,23,30,32H,5-12,14-15H2,1-4H3,(H,28,31)(H,33,34)/b29-17+/t18-,19-,20-,21+,23+,26-,27-/m0/s1. The van der Waals surface area contributed by atoms with E-state index in [9.17, 15) is 19.8 Å². The highest BCUT2D eigenvalue weighted by Crippen LogP contribution is 2.65. The van der Waals surface area contributed by atoms with Gasteiger partial charge in [0.25, 0.3) is 5.91 Å². The molecule has 3 fully saturated rings. The second-order valence-electron chi connectivity index (χ2n) is 12.5. The number of aliphatic hydroxyl groups is 2. The average molecular weight is 491 g/mol. The molecule has 4 aliphatic carbocycles. The molecule has 4 N–H and O–H groups in total. The van der Waals surface area contributed by atoms with Gasteiger partial charge in [0.15, 0.2) is 12.7 Å². The molecule has 0 unspecified atom stereocenters. The lowest BCUT2D eigenvalue weighted by Crippen LogP contribution is -2.51. The Labute approximate surface area is 208 Å². The quantitative estimate of drug-likeness (QED) is 0.406. The number of carbonyl (C=O) groups is 2. The van der Waals surface area contributed by atoms with Crippen LogP contribution in [0, 0.1) is 34.0 Å². The average Bonchev–Trinajstić information content (AvgIpc) is 3.11. The van der Waals surface area contributed by atoms with Gasteiger partial charge in [0.05, 0.1) is 11.8 Å². The number of aliphatic carboxylic acids is 1. The highest BCUT2D eigenvalue weighted by molar-refractivity contribution is 5.96. The van der Waals surface area contributed by atoms with Crippen LogP contribution in [0.4, 0.5) is 0 Å². The number of oxime groups is 1. The Morgan fingerprint density at radius 3 is 2.63 bits per heavy atom. The van der Waals surface area contributed by atoms with Crippen molar-refractivity contribution < 1.29 is 29.7 Å². The second-order valence-corrected chi connectivity index (χ2v) is 12.5. The summed E-state index contributed by atoms with van der Waals surface area (Å²) in [5.74, 6) is 0.256. The molecule has 0 bridgehead atoms. The van der Waals surface area contributed by atoms with Gasteiger partial charge in [-0.2, -0.15) is 0 Å². The maximum atomic E-state index is 12.1. The van der Waals surface area contributed by atoms with Crippen LogP contribution in [0.5, 0.6) is 0 Å². The van der Waals surface area contributed by atoms with E-state index in [1.165, 1.54) is 18.4 Å². The van der Waals surface area contributed by atoms with Crippen LogP contribution in [-0.4, -0.2) is 58.3 Å². The topological polar surface area (TPSA) is 128 Å². The van der Waals surface area contributed by atoms with Gasteiger partial charge >= 0.3 is 5.97 Å². The van der Waals surface area contributed by atoms with Gasteiger partial charge in [-0.3, -0.25) is 4.79 Å². The van der Waals surface area contributed by atoms with Crippen LogP contribution in [0.3, 0.4) is 0 Å². The summed E-state index contributed by atoms with van der Waals surface area (Å²) in [6.07, 6.45) is 8.93. The number of fused-ring (bicyclic) bond motifs is 5. The first kappa shape index (κ1) is 26.1. The van der Waals surface area contributed by atoms with Gasteiger partial charge in [0.2, 0.25) is 0 Å². The third-order valence-corrected chi connectivity index (χ3v) is 10.0. The summed E-state index contributed by atoms with van der Waals surface area (Å²) in [5.41, 5.74) is 1.57. The minimum absolute atomic E-state index is 0.0151. The fourth-order valence-electron chi connectivity index (χ4n) is 7.60. The van der Waals surface area contributed by atoms with Gasteiger partial charge in [-0.25, -0.2) is 4.79 Å². The molecule has 1 amide bonds. The number of hydrogen-bond donors (Lipinski definition) is 4. The van der Waals surface area contributed by atoms with E-state index in [1.54, 1.807) is 13.8 Å². The molecule has 196 valence electrons. The molecule has 35 heavy (non-hydrogen) atoms. The molecule has 8 nitrogen and oxygen atoms in total. The van der Waals surface area contributed by atoms with Crippen molar-refractivity contribution in [2.45, 2.75) is 91.3 Å². The van der Waals surface area contributed by atoms with Crippen LogP contribution in [0.15, 0.2) is 16.8 Å². The number of aliphatic hydroxyl groups excluding tert-OH is 2. The number of carbonyl (C=O) groups excluding carboxylic acids is 1. The lowest BCUT2D eigenvalue weighted by molar-refractivity contribution is -0.153. The van der Waals surface area contributed by atoms with Crippen LogP contribution in [0.25, 0.3) is 0 Å². The van der Waals surface area contributed by atoms with E-state index in [2.05, 4.69) is 30.4 Å². The van der Waals surface area contributed by atoms with Gasteiger partial charge in [0, 0.05) is 12.0 Å². The Morgan fingerprint density at radius 2 is 1.91 bits per heavy atom. The summed E-state index contributed by atoms with van der Waals surface area (Å²) in [4.78, 5) is 28.5. The number of rotatable bonds is 7. The molecule has 0 aromatic heterocycles. The third-order valence-electron chi connectivity index (χ3n) is 10.0. The van der Waals surface area contributed by atoms with E-state index < -0.39 is 23.4 Å². The van der Waals surface area contributed by atoms with Crippen LogP contribution < -0.4 is 5.32 Å². The van der Waals surface area contributed by atoms with E-state index in [-0.39, 0.29) is 30.1 Å². The maximum absolute atomic E-state index is 12.1. The van der Waals surface area contributed by atoms with Gasteiger partial charge in [-0.15, -0.1) is 0 Å². The Kier molecular flexibility index (Phi) is 7.10. The molecular formula is C27H42N2O6.